The van der Waals surface area contributed by atoms with Crippen LogP contribution < -0.4 is 4.74 Å². The lowest BCUT2D eigenvalue weighted by molar-refractivity contribution is -0.143. The summed E-state index contributed by atoms with van der Waals surface area (Å²) in [6.07, 6.45) is 3.27. The maximum absolute atomic E-state index is 11.8. The fraction of sp³-hybridized carbons (Fsp3) is 0.500. The van der Waals surface area contributed by atoms with Crippen LogP contribution in [-0.4, -0.2) is 18.2 Å². The van der Waals surface area contributed by atoms with Crippen molar-refractivity contribution >= 4 is 21.9 Å². The zero-order chi connectivity index (χ0) is 13.3. The first-order valence-electron chi connectivity index (χ1n) is 6.10. The van der Waals surface area contributed by atoms with Crippen molar-refractivity contribution < 1.29 is 14.6 Å². The number of aryl methyl sites for hydroxylation is 1. The highest BCUT2D eigenvalue weighted by Gasteiger charge is 2.46. The normalized spacial score (nSPS) is 17.7. The van der Waals surface area contributed by atoms with E-state index >= 15 is 0 Å². The Balaban J connectivity index is 2.68. The fourth-order valence-electron chi connectivity index (χ4n) is 2.92. The minimum atomic E-state index is -0.795. The van der Waals surface area contributed by atoms with Crippen LogP contribution in [0, 0.1) is 6.92 Å². The monoisotopic (exact) mass is 312 g/mol. The van der Waals surface area contributed by atoms with Crippen molar-refractivity contribution in [2.45, 2.75) is 38.0 Å². The van der Waals surface area contributed by atoms with E-state index in [0.29, 0.717) is 18.6 Å². The number of benzene rings is 1. The highest BCUT2D eigenvalue weighted by Crippen LogP contribution is 2.48. The van der Waals surface area contributed by atoms with E-state index < -0.39 is 11.4 Å². The first-order valence-corrected chi connectivity index (χ1v) is 6.89. The molecule has 0 amide bonds. The largest absolute Gasteiger partial charge is 0.496 e. The Labute approximate surface area is 115 Å². The molecule has 1 fully saturated rings. The van der Waals surface area contributed by atoms with Crippen molar-refractivity contribution in [2.75, 3.05) is 7.11 Å². The molecule has 18 heavy (non-hydrogen) atoms. The van der Waals surface area contributed by atoms with Gasteiger partial charge < -0.3 is 9.84 Å². The summed E-state index contributed by atoms with van der Waals surface area (Å²) >= 11 is 3.49. The molecule has 0 unspecified atom stereocenters. The smallest absolute Gasteiger partial charge is 0.314 e. The Morgan fingerprint density at radius 1 is 1.39 bits per heavy atom. The summed E-state index contributed by atoms with van der Waals surface area (Å²) in [7, 11) is 1.60. The molecule has 3 nitrogen and oxygen atoms in total. The number of carboxylic acids is 1. The first-order chi connectivity index (χ1) is 8.53. The van der Waals surface area contributed by atoms with E-state index in [9.17, 15) is 9.90 Å². The summed E-state index contributed by atoms with van der Waals surface area (Å²) in [6, 6.07) is 3.85. The topological polar surface area (TPSA) is 46.5 Å². The van der Waals surface area contributed by atoms with Gasteiger partial charge >= 0.3 is 5.97 Å². The summed E-state index contributed by atoms with van der Waals surface area (Å²) in [6.45, 7) is 1.94. The van der Waals surface area contributed by atoms with Crippen LogP contribution in [0.15, 0.2) is 16.6 Å². The fourth-order valence-corrected chi connectivity index (χ4v) is 3.61. The molecule has 0 spiro atoms. The van der Waals surface area contributed by atoms with Crippen molar-refractivity contribution in [3.8, 4) is 5.75 Å². The molecule has 98 valence electrons. The van der Waals surface area contributed by atoms with E-state index in [1.807, 2.05) is 19.1 Å². The SMILES string of the molecule is COc1c(C)ccc(Br)c1C1(C(=O)O)CCCC1. The summed E-state index contributed by atoms with van der Waals surface area (Å²) in [5.41, 5.74) is 0.981. The van der Waals surface area contributed by atoms with Crippen LogP contribution in [0.3, 0.4) is 0 Å². The summed E-state index contributed by atoms with van der Waals surface area (Å²) in [4.78, 5) is 11.8. The number of halogens is 1. The number of carbonyl (C=O) groups is 1. The van der Waals surface area contributed by atoms with Gasteiger partial charge in [-0.1, -0.05) is 34.8 Å². The maximum Gasteiger partial charge on any atom is 0.314 e. The van der Waals surface area contributed by atoms with E-state index in [1.54, 1.807) is 7.11 Å². The first kappa shape index (κ1) is 13.4. The number of hydrogen-bond donors (Lipinski definition) is 1. The van der Waals surface area contributed by atoms with Gasteiger partial charge in [0.2, 0.25) is 0 Å². The van der Waals surface area contributed by atoms with Crippen LogP contribution in [0.25, 0.3) is 0 Å². The van der Waals surface area contributed by atoms with Crippen molar-refractivity contribution in [2.24, 2.45) is 0 Å². The van der Waals surface area contributed by atoms with Crippen LogP contribution in [0.4, 0.5) is 0 Å². The van der Waals surface area contributed by atoms with E-state index in [1.165, 1.54) is 0 Å². The highest BCUT2D eigenvalue weighted by molar-refractivity contribution is 9.10. The second kappa shape index (κ2) is 4.92. The van der Waals surface area contributed by atoms with Gasteiger partial charge in [0.25, 0.3) is 0 Å². The average molecular weight is 313 g/mol. The molecule has 1 aliphatic rings. The van der Waals surface area contributed by atoms with Crippen molar-refractivity contribution in [1.29, 1.82) is 0 Å². The van der Waals surface area contributed by atoms with Crippen LogP contribution >= 0.6 is 15.9 Å². The van der Waals surface area contributed by atoms with Crippen LogP contribution in [0.2, 0.25) is 0 Å². The Morgan fingerprint density at radius 3 is 2.50 bits per heavy atom. The lowest BCUT2D eigenvalue weighted by Gasteiger charge is -2.28. The zero-order valence-electron chi connectivity index (χ0n) is 10.6. The zero-order valence-corrected chi connectivity index (χ0v) is 12.2. The second-order valence-electron chi connectivity index (χ2n) is 4.87. The summed E-state index contributed by atoms with van der Waals surface area (Å²) < 4.78 is 6.28. The third kappa shape index (κ3) is 1.92. The van der Waals surface area contributed by atoms with Gasteiger partial charge in [-0.15, -0.1) is 0 Å². The molecule has 1 aromatic rings. The number of methoxy groups -OCH3 is 1. The molecule has 1 aromatic carbocycles. The lowest BCUT2D eigenvalue weighted by atomic mass is 9.78. The molecular weight excluding hydrogens is 296 g/mol. The summed E-state index contributed by atoms with van der Waals surface area (Å²) in [5.74, 6) is -0.0433. The minimum absolute atomic E-state index is 0.681. The highest BCUT2D eigenvalue weighted by atomic mass is 79.9. The molecule has 4 heteroatoms. The third-order valence-electron chi connectivity index (χ3n) is 3.85. The minimum Gasteiger partial charge on any atom is -0.496 e. The lowest BCUT2D eigenvalue weighted by Crippen LogP contribution is -2.33. The molecule has 0 radical (unpaired) electrons. The molecular formula is C14H17BrO3. The quantitative estimate of drug-likeness (QED) is 0.926. The van der Waals surface area contributed by atoms with Gasteiger partial charge in [-0.05, 0) is 31.4 Å². The van der Waals surface area contributed by atoms with Crippen LogP contribution in [0.5, 0.6) is 5.75 Å². The number of aliphatic carboxylic acids is 1. The third-order valence-corrected chi connectivity index (χ3v) is 4.51. The Kier molecular flexibility index (Phi) is 3.66. The predicted molar refractivity (Wildman–Crippen MR) is 73.2 cm³/mol. The molecule has 0 bridgehead atoms. The van der Waals surface area contributed by atoms with Gasteiger partial charge in [0.05, 0.1) is 12.5 Å². The van der Waals surface area contributed by atoms with Gasteiger partial charge in [0, 0.05) is 10.0 Å². The molecule has 1 saturated carbocycles. The molecule has 0 heterocycles. The molecule has 0 saturated heterocycles. The Bertz CT molecular complexity index is 476. The molecule has 2 rings (SSSR count). The van der Waals surface area contributed by atoms with E-state index in [2.05, 4.69) is 15.9 Å². The number of rotatable bonds is 3. The second-order valence-corrected chi connectivity index (χ2v) is 5.72. The molecule has 1 aliphatic carbocycles. The molecule has 1 N–H and O–H groups in total. The van der Waals surface area contributed by atoms with Crippen molar-refractivity contribution in [3.63, 3.8) is 0 Å². The van der Waals surface area contributed by atoms with Gasteiger partial charge in [0.1, 0.15) is 5.75 Å². The summed E-state index contributed by atoms with van der Waals surface area (Å²) in [5, 5.41) is 9.68. The van der Waals surface area contributed by atoms with Gasteiger partial charge in [0.15, 0.2) is 0 Å². The number of ether oxygens (including phenoxy) is 1. The van der Waals surface area contributed by atoms with E-state index in [0.717, 1.165) is 28.4 Å². The molecule has 0 aliphatic heterocycles. The number of hydrogen-bond acceptors (Lipinski definition) is 2. The van der Waals surface area contributed by atoms with Crippen LogP contribution in [-0.2, 0) is 10.2 Å². The van der Waals surface area contributed by atoms with Gasteiger partial charge in [-0.2, -0.15) is 0 Å². The van der Waals surface area contributed by atoms with Crippen molar-refractivity contribution in [1.82, 2.24) is 0 Å². The molecule has 0 atom stereocenters. The van der Waals surface area contributed by atoms with Crippen molar-refractivity contribution in [3.05, 3.63) is 27.7 Å². The molecule has 0 aromatic heterocycles. The van der Waals surface area contributed by atoms with Crippen LogP contribution in [0.1, 0.15) is 36.8 Å². The standard InChI is InChI=1S/C14H17BrO3/c1-9-5-6-10(15)11(12(9)18-2)14(13(16)17)7-3-4-8-14/h5-6H,3-4,7-8H2,1-2H3,(H,16,17). The van der Waals surface area contributed by atoms with E-state index in [4.69, 9.17) is 4.74 Å². The average Bonchev–Trinajstić information content (AvgIpc) is 2.82. The van der Waals surface area contributed by atoms with Gasteiger partial charge in [-0.25, -0.2) is 0 Å². The van der Waals surface area contributed by atoms with E-state index in [-0.39, 0.29) is 0 Å². The Hall–Kier alpha value is -1.03. The Morgan fingerprint density at radius 2 is 2.00 bits per heavy atom. The maximum atomic E-state index is 11.8. The predicted octanol–water partition coefficient (Wildman–Crippen LogP) is 3.66. The van der Waals surface area contributed by atoms with Gasteiger partial charge in [-0.3, -0.25) is 4.79 Å². The number of carboxylic acid groups (broad SMARTS) is 1.